The van der Waals surface area contributed by atoms with Crippen LogP contribution in [0.2, 0.25) is 0 Å². The highest BCUT2D eigenvalue weighted by molar-refractivity contribution is 6.99. The van der Waals surface area contributed by atoms with Gasteiger partial charge in [-0.1, -0.05) is 181 Å². The number of hydrogen-bond donors (Lipinski definition) is 0. The number of hydrogen-bond acceptors (Lipinski definition) is 0. The van der Waals surface area contributed by atoms with E-state index in [1.807, 2.05) is 0 Å². The third-order valence-corrected chi connectivity index (χ3v) is 17.5. The van der Waals surface area contributed by atoms with Crippen LogP contribution in [0.5, 0.6) is 0 Å². The van der Waals surface area contributed by atoms with Gasteiger partial charge in [-0.3, -0.25) is 0 Å². The monoisotopic (exact) mass is 842 g/mol. The Morgan fingerprint density at radius 1 is 0.328 bits per heavy atom. The van der Waals surface area contributed by atoms with Gasteiger partial charge in [0.05, 0.1) is 16.4 Å². The fraction of sp³-hybridized carbons (Fsp3) is 0.0476. The molecule has 4 heteroatoms. The molecule has 0 N–H and O–H groups in total. The number of benzene rings is 10. The summed E-state index contributed by atoms with van der Waals surface area (Å²) in [6.45, 7) is 0.312. The quantitative estimate of drug-likeness (QED) is 0.135. The van der Waals surface area contributed by atoms with Crippen molar-refractivity contribution in [3.63, 3.8) is 0 Å². The van der Waals surface area contributed by atoms with Crippen LogP contribution >= 0.6 is 0 Å². The van der Waals surface area contributed by atoms with E-state index >= 15 is 0 Å². The molecule has 6 aliphatic rings. The lowest BCUT2D eigenvalue weighted by Crippen LogP contribution is -2.60. The minimum absolute atomic E-state index is 0.156. The Labute approximate surface area is 387 Å². The van der Waals surface area contributed by atoms with Crippen LogP contribution in [0.25, 0.3) is 77.2 Å². The van der Waals surface area contributed by atoms with Crippen LogP contribution in [0.3, 0.4) is 0 Å². The third-order valence-electron chi connectivity index (χ3n) is 17.5. The van der Waals surface area contributed by atoms with Crippen molar-refractivity contribution >= 4 is 89.8 Å². The van der Waals surface area contributed by atoms with E-state index in [0.717, 1.165) is 12.8 Å². The summed E-state index contributed by atoms with van der Waals surface area (Å²) < 4.78 is 5.13. The Kier molecular flexibility index (Phi) is 5.87. The van der Waals surface area contributed by atoms with Gasteiger partial charge in [0.25, 0.3) is 0 Å². The van der Waals surface area contributed by atoms with Gasteiger partial charge in [-0.15, -0.1) is 0 Å². The van der Waals surface area contributed by atoms with E-state index in [4.69, 9.17) is 0 Å². The van der Waals surface area contributed by atoms with E-state index in [1.54, 1.807) is 0 Å². The van der Waals surface area contributed by atoms with Gasteiger partial charge in [-0.25, -0.2) is 0 Å². The average Bonchev–Trinajstić information content (AvgIpc) is 4.08. The smallest absolute Gasteiger partial charge is 0.247 e. The molecule has 4 aliphatic heterocycles. The van der Waals surface area contributed by atoms with Crippen molar-refractivity contribution in [3.05, 3.63) is 239 Å². The standard InChI is InChI=1S/C63H36B2N2/c1-5-21-47-39(15-1)45-33-53-37(29-35-13-9-27-57-59(35)64(53)51-23-11-19-43-41-17-3-7-25-55(41)66(57)61(43)51)31-49(45)63(47)48-22-6-2-16-40(48)46-34-54-38(32-50(46)63)30-36-14-10-28-58-60(36)65(54)52-24-12-20-44-42-18-4-8-26-56(42)67(58)62(44)52/h1-28,31-34H,29-30H2. The molecule has 0 radical (unpaired) electrons. The highest BCUT2D eigenvalue weighted by atomic mass is 15.0. The third kappa shape index (κ3) is 3.75. The largest absolute Gasteiger partial charge is 0.310 e. The molecule has 0 amide bonds. The van der Waals surface area contributed by atoms with Gasteiger partial charge >= 0.3 is 0 Å². The summed E-state index contributed by atoms with van der Waals surface area (Å²) >= 11 is 0. The fourth-order valence-corrected chi connectivity index (χ4v) is 15.2. The summed E-state index contributed by atoms with van der Waals surface area (Å²) in [5.74, 6) is 0. The Hall–Kier alpha value is -8.07. The van der Waals surface area contributed by atoms with Crippen molar-refractivity contribution in [3.8, 4) is 33.6 Å². The molecule has 67 heavy (non-hydrogen) atoms. The van der Waals surface area contributed by atoms with Gasteiger partial charge in [0.1, 0.15) is 0 Å². The molecule has 304 valence electrons. The summed E-state index contributed by atoms with van der Waals surface area (Å²) in [5, 5.41) is 5.34. The molecule has 1 spiro atoms. The predicted octanol–water partition coefficient (Wildman–Crippen LogP) is 9.69. The van der Waals surface area contributed by atoms with Gasteiger partial charge in [0.15, 0.2) is 0 Å². The first-order valence-electron chi connectivity index (χ1n) is 24.1. The molecular formula is C63H36B2N2. The Morgan fingerprint density at radius 2 is 0.761 bits per heavy atom. The maximum Gasteiger partial charge on any atom is 0.247 e. The van der Waals surface area contributed by atoms with E-state index in [2.05, 4.69) is 203 Å². The van der Waals surface area contributed by atoms with Crippen molar-refractivity contribution in [2.45, 2.75) is 18.3 Å². The van der Waals surface area contributed by atoms with Gasteiger partial charge < -0.3 is 9.13 Å². The normalized spacial score (nSPS) is 15.1. The average molecular weight is 843 g/mol. The molecule has 0 fully saturated rings. The molecular weight excluding hydrogens is 806 g/mol. The molecule has 2 aliphatic carbocycles. The molecule has 0 bridgehead atoms. The zero-order chi connectivity index (χ0) is 43.0. The molecule has 0 atom stereocenters. The van der Waals surface area contributed by atoms with E-state index in [-0.39, 0.29) is 13.4 Å². The van der Waals surface area contributed by atoms with E-state index < -0.39 is 5.41 Å². The first kappa shape index (κ1) is 34.3. The molecule has 0 saturated heterocycles. The summed E-state index contributed by atoms with van der Waals surface area (Å²) in [6, 6.07) is 75.7. The Morgan fingerprint density at radius 3 is 1.27 bits per heavy atom. The molecule has 0 saturated carbocycles. The molecule has 12 aromatic rings. The highest BCUT2D eigenvalue weighted by Crippen LogP contribution is 2.63. The zero-order valence-electron chi connectivity index (χ0n) is 36.4. The van der Waals surface area contributed by atoms with Crippen LogP contribution in [0, 0.1) is 0 Å². The van der Waals surface area contributed by atoms with Gasteiger partial charge in [-0.05, 0) is 126 Å². The summed E-state index contributed by atoms with van der Waals surface area (Å²) in [5.41, 5.74) is 33.2. The maximum atomic E-state index is 2.68. The van der Waals surface area contributed by atoms with Crippen molar-refractivity contribution in [2.24, 2.45) is 0 Å². The Bertz CT molecular complexity index is 4090. The highest BCUT2D eigenvalue weighted by Gasteiger charge is 2.54. The number of para-hydroxylation sites is 4. The summed E-state index contributed by atoms with van der Waals surface area (Å²) in [7, 11) is 0. The minimum atomic E-state index is -0.440. The lowest BCUT2D eigenvalue weighted by atomic mass is 9.32. The second-order valence-corrected chi connectivity index (χ2v) is 20.1. The fourth-order valence-electron chi connectivity index (χ4n) is 15.2. The topological polar surface area (TPSA) is 9.86 Å². The first-order chi connectivity index (χ1) is 33.3. The number of fused-ring (bicyclic) bond motifs is 24. The lowest BCUT2D eigenvalue weighted by Gasteiger charge is -2.36. The zero-order valence-corrected chi connectivity index (χ0v) is 36.4. The molecule has 0 unspecified atom stereocenters. The molecule has 10 aromatic carbocycles. The van der Waals surface area contributed by atoms with Crippen LogP contribution in [0.4, 0.5) is 0 Å². The number of nitrogens with zero attached hydrogens (tertiary/aromatic N) is 2. The van der Waals surface area contributed by atoms with Crippen LogP contribution in [-0.4, -0.2) is 22.6 Å². The second kappa shape index (κ2) is 11.5. The number of rotatable bonds is 0. The van der Waals surface area contributed by atoms with Gasteiger partial charge in [-0.2, -0.15) is 0 Å². The lowest BCUT2D eigenvalue weighted by molar-refractivity contribution is 0.790. The van der Waals surface area contributed by atoms with Crippen molar-refractivity contribution in [1.29, 1.82) is 0 Å². The van der Waals surface area contributed by atoms with E-state index in [0.29, 0.717) is 0 Å². The van der Waals surface area contributed by atoms with Crippen molar-refractivity contribution in [1.82, 2.24) is 9.13 Å². The van der Waals surface area contributed by atoms with E-state index in [1.165, 1.54) is 155 Å². The van der Waals surface area contributed by atoms with Gasteiger partial charge in [0.2, 0.25) is 13.4 Å². The molecule has 2 aromatic heterocycles. The number of aromatic nitrogens is 2. The predicted molar refractivity (Wildman–Crippen MR) is 279 cm³/mol. The van der Waals surface area contributed by atoms with Crippen LogP contribution in [0.15, 0.2) is 194 Å². The van der Waals surface area contributed by atoms with Crippen molar-refractivity contribution < 1.29 is 0 Å². The van der Waals surface area contributed by atoms with E-state index in [9.17, 15) is 0 Å². The Balaban J connectivity index is 0.904. The summed E-state index contributed by atoms with van der Waals surface area (Å²) in [4.78, 5) is 0. The maximum absolute atomic E-state index is 2.68. The van der Waals surface area contributed by atoms with Crippen molar-refractivity contribution in [2.75, 3.05) is 0 Å². The molecule has 6 heterocycles. The van der Waals surface area contributed by atoms with Gasteiger partial charge in [0, 0.05) is 44.0 Å². The second-order valence-electron chi connectivity index (χ2n) is 20.1. The van der Waals surface area contributed by atoms with Crippen LogP contribution < -0.4 is 32.8 Å². The van der Waals surface area contributed by atoms with Crippen LogP contribution in [-0.2, 0) is 18.3 Å². The SMILES string of the molecule is c1ccc2c(c1)-c1cc3c(cc1C21c2ccccc2-c2cc4c(cc21)Cc1cccc2c1B4c1cccc4c5ccccc5n-2c14)Cc1cccc2c1B3c1cccc3c4ccccc4n-2c13. The first-order valence-corrected chi connectivity index (χ1v) is 24.1. The molecule has 18 rings (SSSR count). The minimum Gasteiger partial charge on any atom is -0.310 e. The van der Waals surface area contributed by atoms with Crippen LogP contribution in [0.1, 0.15) is 44.5 Å². The molecule has 2 nitrogen and oxygen atoms in total. The summed E-state index contributed by atoms with van der Waals surface area (Å²) in [6.07, 6.45) is 1.84.